The van der Waals surface area contributed by atoms with Crippen molar-refractivity contribution in [1.29, 1.82) is 0 Å². The average Bonchev–Trinajstić information content (AvgIpc) is 2.46. The van der Waals surface area contributed by atoms with Crippen molar-refractivity contribution in [3.8, 4) is 0 Å². The molecule has 0 aliphatic carbocycles. The van der Waals surface area contributed by atoms with Crippen LogP contribution in [0.5, 0.6) is 0 Å². The summed E-state index contributed by atoms with van der Waals surface area (Å²) in [6.07, 6.45) is -4.70. The second-order valence-corrected chi connectivity index (χ2v) is 6.27. The summed E-state index contributed by atoms with van der Waals surface area (Å²) in [4.78, 5) is -0.307. The number of para-hydroxylation sites is 1. The van der Waals surface area contributed by atoms with E-state index in [4.69, 9.17) is 10.0 Å². The van der Waals surface area contributed by atoms with Crippen molar-refractivity contribution in [2.45, 2.75) is 11.1 Å². The van der Waals surface area contributed by atoms with Crippen molar-refractivity contribution in [3.05, 3.63) is 54.1 Å². The van der Waals surface area contributed by atoms with Gasteiger partial charge in [0.2, 0.25) is 0 Å². The van der Waals surface area contributed by atoms with Gasteiger partial charge < -0.3 is 10.0 Å². The van der Waals surface area contributed by atoms with Crippen LogP contribution in [0, 0.1) is 0 Å². The number of hydrogen-bond donors (Lipinski definition) is 3. The molecule has 0 saturated carbocycles. The Kier molecular flexibility index (Phi) is 4.69. The number of anilines is 1. The van der Waals surface area contributed by atoms with Gasteiger partial charge in [0, 0.05) is 0 Å². The monoisotopic (exact) mass is 345 g/mol. The van der Waals surface area contributed by atoms with Crippen LogP contribution in [0.25, 0.3) is 0 Å². The van der Waals surface area contributed by atoms with Crippen molar-refractivity contribution < 1.29 is 31.6 Å². The molecule has 122 valence electrons. The molecule has 0 heterocycles. The van der Waals surface area contributed by atoms with Gasteiger partial charge in [-0.15, -0.1) is 0 Å². The molecular weight excluding hydrogens is 334 g/mol. The minimum atomic E-state index is -4.70. The fourth-order valence-corrected chi connectivity index (χ4v) is 2.92. The van der Waals surface area contributed by atoms with Crippen molar-refractivity contribution in [1.82, 2.24) is 0 Å². The topological polar surface area (TPSA) is 86.6 Å². The van der Waals surface area contributed by atoms with E-state index in [0.29, 0.717) is 0 Å². The van der Waals surface area contributed by atoms with Crippen molar-refractivity contribution in [2.24, 2.45) is 0 Å². The second kappa shape index (κ2) is 6.22. The largest absolute Gasteiger partial charge is 0.488 e. The van der Waals surface area contributed by atoms with E-state index in [1.807, 2.05) is 4.72 Å². The molecule has 0 fully saturated rings. The molecule has 3 N–H and O–H groups in total. The van der Waals surface area contributed by atoms with Crippen LogP contribution < -0.4 is 10.2 Å². The number of halogens is 3. The van der Waals surface area contributed by atoms with Crippen LogP contribution in [-0.4, -0.2) is 25.6 Å². The van der Waals surface area contributed by atoms with E-state index in [2.05, 4.69) is 0 Å². The zero-order valence-electron chi connectivity index (χ0n) is 11.4. The molecule has 0 amide bonds. The molecule has 2 rings (SSSR count). The Hall–Kier alpha value is -2.04. The SMILES string of the molecule is O=S(=O)(Nc1ccccc1C(F)(F)F)c1ccc(B(O)O)cc1. The quantitative estimate of drug-likeness (QED) is 0.727. The second-order valence-electron chi connectivity index (χ2n) is 4.59. The normalized spacial score (nSPS) is 12.0. The lowest BCUT2D eigenvalue weighted by molar-refractivity contribution is -0.136. The average molecular weight is 345 g/mol. The maximum Gasteiger partial charge on any atom is 0.488 e. The van der Waals surface area contributed by atoms with Gasteiger partial charge in [0.15, 0.2) is 0 Å². The Morgan fingerprint density at radius 1 is 0.957 bits per heavy atom. The van der Waals surface area contributed by atoms with E-state index in [1.54, 1.807) is 0 Å². The molecule has 0 aliphatic rings. The van der Waals surface area contributed by atoms with Crippen molar-refractivity contribution >= 4 is 28.3 Å². The number of sulfonamides is 1. The van der Waals surface area contributed by atoms with Crippen LogP contribution in [0.4, 0.5) is 18.9 Å². The third-order valence-electron chi connectivity index (χ3n) is 2.97. The summed E-state index contributed by atoms with van der Waals surface area (Å²) in [5.41, 5.74) is -1.64. The molecule has 23 heavy (non-hydrogen) atoms. The minimum absolute atomic E-state index is 0.0552. The van der Waals surface area contributed by atoms with Gasteiger partial charge in [0.05, 0.1) is 16.1 Å². The molecular formula is C13H11BF3NO4S. The first-order chi connectivity index (χ1) is 10.6. The van der Waals surface area contributed by atoms with Crippen molar-refractivity contribution in [3.63, 3.8) is 0 Å². The molecule has 2 aromatic rings. The van der Waals surface area contributed by atoms with Gasteiger partial charge in [0.1, 0.15) is 0 Å². The Morgan fingerprint density at radius 3 is 2.04 bits per heavy atom. The molecule has 0 spiro atoms. The van der Waals surface area contributed by atoms with Gasteiger partial charge in [-0.2, -0.15) is 13.2 Å². The molecule has 0 bridgehead atoms. The lowest BCUT2D eigenvalue weighted by Crippen LogP contribution is -2.29. The zero-order chi connectivity index (χ0) is 17.3. The van der Waals surface area contributed by atoms with Crippen LogP contribution in [0.3, 0.4) is 0 Å². The summed E-state index contributed by atoms with van der Waals surface area (Å²) in [7, 11) is -6.02. The highest BCUT2D eigenvalue weighted by Crippen LogP contribution is 2.35. The van der Waals surface area contributed by atoms with E-state index in [0.717, 1.165) is 42.5 Å². The van der Waals surface area contributed by atoms with E-state index < -0.39 is 34.6 Å². The van der Waals surface area contributed by atoms with E-state index in [9.17, 15) is 21.6 Å². The predicted molar refractivity (Wildman–Crippen MR) is 78.5 cm³/mol. The summed E-state index contributed by atoms with van der Waals surface area (Å²) in [5, 5.41) is 17.9. The summed E-state index contributed by atoms with van der Waals surface area (Å²) in [6, 6.07) is 8.62. The number of benzene rings is 2. The van der Waals surface area contributed by atoms with Gasteiger partial charge in [-0.05, 0) is 29.7 Å². The summed E-state index contributed by atoms with van der Waals surface area (Å²) in [5.74, 6) is 0. The molecule has 0 radical (unpaired) electrons. The standard InChI is InChI=1S/C13H11BF3NO4S/c15-13(16,17)11-3-1-2-4-12(11)18-23(21,22)10-7-5-9(6-8-10)14(19)20/h1-8,18-20H. The Morgan fingerprint density at radius 2 is 1.52 bits per heavy atom. The van der Waals surface area contributed by atoms with Gasteiger partial charge >= 0.3 is 13.3 Å². The van der Waals surface area contributed by atoms with E-state index in [1.165, 1.54) is 6.07 Å². The molecule has 5 nitrogen and oxygen atoms in total. The predicted octanol–water partition coefficient (Wildman–Crippen LogP) is 1.19. The molecule has 0 saturated heterocycles. The van der Waals surface area contributed by atoms with E-state index in [-0.39, 0.29) is 10.4 Å². The maximum absolute atomic E-state index is 12.9. The third kappa shape index (κ3) is 4.03. The highest BCUT2D eigenvalue weighted by molar-refractivity contribution is 7.92. The zero-order valence-corrected chi connectivity index (χ0v) is 12.3. The first kappa shape index (κ1) is 17.3. The highest BCUT2D eigenvalue weighted by Gasteiger charge is 2.34. The highest BCUT2D eigenvalue weighted by atomic mass is 32.2. The molecule has 2 aromatic carbocycles. The molecule has 10 heteroatoms. The molecule has 0 aromatic heterocycles. The fourth-order valence-electron chi connectivity index (χ4n) is 1.84. The van der Waals surface area contributed by atoms with E-state index >= 15 is 0 Å². The summed E-state index contributed by atoms with van der Waals surface area (Å²) in [6.45, 7) is 0. The fraction of sp³-hybridized carbons (Fsp3) is 0.0769. The Bertz CT molecular complexity index is 792. The van der Waals surface area contributed by atoms with Crippen LogP contribution >= 0.6 is 0 Å². The van der Waals surface area contributed by atoms with Crippen LogP contribution in [0.2, 0.25) is 0 Å². The molecule has 0 aliphatic heterocycles. The van der Waals surface area contributed by atoms with Gasteiger partial charge in [-0.25, -0.2) is 8.42 Å². The van der Waals surface area contributed by atoms with Crippen LogP contribution in [0.1, 0.15) is 5.56 Å². The molecule has 0 atom stereocenters. The minimum Gasteiger partial charge on any atom is -0.423 e. The van der Waals surface area contributed by atoms with Gasteiger partial charge in [-0.3, -0.25) is 4.72 Å². The van der Waals surface area contributed by atoms with Crippen LogP contribution in [-0.2, 0) is 16.2 Å². The smallest absolute Gasteiger partial charge is 0.423 e. The Balaban J connectivity index is 2.36. The summed E-state index contributed by atoms with van der Waals surface area (Å²) >= 11 is 0. The maximum atomic E-state index is 12.9. The number of rotatable bonds is 4. The van der Waals surface area contributed by atoms with Gasteiger partial charge in [-0.1, -0.05) is 24.3 Å². The summed E-state index contributed by atoms with van der Waals surface area (Å²) < 4.78 is 64.8. The first-order valence-corrected chi connectivity index (χ1v) is 7.75. The Labute approximate surface area is 130 Å². The number of nitrogens with one attached hydrogen (secondary N) is 1. The number of hydrogen-bond acceptors (Lipinski definition) is 4. The van der Waals surface area contributed by atoms with Crippen LogP contribution in [0.15, 0.2) is 53.4 Å². The third-order valence-corrected chi connectivity index (χ3v) is 4.35. The lowest BCUT2D eigenvalue weighted by atomic mass is 9.81. The number of alkyl halides is 3. The van der Waals surface area contributed by atoms with Gasteiger partial charge in [0.25, 0.3) is 10.0 Å². The van der Waals surface area contributed by atoms with Crippen molar-refractivity contribution in [2.75, 3.05) is 4.72 Å². The molecule has 0 unspecified atom stereocenters. The first-order valence-electron chi connectivity index (χ1n) is 6.26. The lowest BCUT2D eigenvalue weighted by Gasteiger charge is -2.14.